The van der Waals surface area contributed by atoms with Crippen molar-refractivity contribution in [2.24, 2.45) is 0 Å². The third kappa shape index (κ3) is 3.56. The van der Waals surface area contributed by atoms with Crippen molar-refractivity contribution in [1.29, 1.82) is 0 Å². The zero-order valence-electron chi connectivity index (χ0n) is 11.6. The highest BCUT2D eigenvalue weighted by Crippen LogP contribution is 2.31. The Hall–Kier alpha value is -0.860. The monoisotopic (exact) mass is 247 g/mol. The number of nitrogens with one attached hydrogen (secondary N) is 1. The molecule has 0 amide bonds. The summed E-state index contributed by atoms with van der Waals surface area (Å²) in [6.07, 6.45) is 4.82. The largest absolute Gasteiger partial charge is 0.390 e. The molecule has 0 radical (unpaired) electrons. The van der Waals surface area contributed by atoms with Crippen molar-refractivity contribution < 1.29 is 5.11 Å². The Morgan fingerprint density at radius 2 is 2.06 bits per heavy atom. The number of aliphatic hydroxyl groups is 1. The number of hydrogen-bond acceptors (Lipinski definition) is 2. The van der Waals surface area contributed by atoms with Crippen LogP contribution in [-0.4, -0.2) is 23.3 Å². The summed E-state index contributed by atoms with van der Waals surface area (Å²) in [5.41, 5.74) is 2.05. The van der Waals surface area contributed by atoms with E-state index in [1.165, 1.54) is 11.1 Å². The fourth-order valence-electron chi connectivity index (χ4n) is 3.03. The van der Waals surface area contributed by atoms with E-state index >= 15 is 0 Å². The maximum Gasteiger partial charge on any atom is 0.0689 e. The minimum Gasteiger partial charge on any atom is -0.390 e. The first-order valence-corrected chi connectivity index (χ1v) is 7.13. The van der Waals surface area contributed by atoms with Crippen LogP contribution < -0.4 is 5.32 Å². The number of benzene rings is 1. The van der Waals surface area contributed by atoms with E-state index in [1.807, 2.05) is 0 Å². The van der Waals surface area contributed by atoms with E-state index in [0.29, 0.717) is 6.04 Å². The van der Waals surface area contributed by atoms with Gasteiger partial charge in [-0.2, -0.15) is 0 Å². The first kappa shape index (κ1) is 13.6. The fraction of sp³-hybridized carbons (Fsp3) is 0.625. The smallest absolute Gasteiger partial charge is 0.0689 e. The minimum atomic E-state index is -0.486. The van der Waals surface area contributed by atoms with Crippen molar-refractivity contribution in [3.05, 3.63) is 35.4 Å². The lowest BCUT2D eigenvalue weighted by molar-refractivity contribution is -0.00295. The van der Waals surface area contributed by atoms with Gasteiger partial charge in [-0.1, -0.05) is 36.8 Å². The van der Waals surface area contributed by atoms with E-state index in [4.69, 9.17) is 0 Å². The van der Waals surface area contributed by atoms with Gasteiger partial charge < -0.3 is 10.4 Å². The molecule has 0 aromatic heterocycles. The third-order valence-corrected chi connectivity index (χ3v) is 4.02. The van der Waals surface area contributed by atoms with Gasteiger partial charge in [0.25, 0.3) is 0 Å². The average Bonchev–Trinajstić information content (AvgIpc) is 2.32. The zero-order chi connectivity index (χ0) is 13.0. The van der Waals surface area contributed by atoms with Gasteiger partial charge in [0.1, 0.15) is 0 Å². The lowest BCUT2D eigenvalue weighted by Gasteiger charge is -2.36. The van der Waals surface area contributed by atoms with Gasteiger partial charge in [0, 0.05) is 12.5 Å². The van der Waals surface area contributed by atoms with Gasteiger partial charge in [-0.05, 0) is 44.7 Å². The summed E-state index contributed by atoms with van der Waals surface area (Å²) in [4.78, 5) is 0. The standard InChI is InChI=1S/C16H25NO/c1-3-17-15-7-9-16(18,10-8-15)12-14-6-4-5-13(2)11-14/h4-6,11,15,17-18H,3,7-10,12H2,1-2H3. The highest BCUT2D eigenvalue weighted by atomic mass is 16.3. The van der Waals surface area contributed by atoms with Gasteiger partial charge in [0.2, 0.25) is 0 Å². The molecule has 0 aliphatic heterocycles. The average molecular weight is 247 g/mol. The summed E-state index contributed by atoms with van der Waals surface area (Å²) in [7, 11) is 0. The van der Waals surface area contributed by atoms with E-state index in [2.05, 4.69) is 43.4 Å². The second-order valence-electron chi connectivity index (χ2n) is 5.72. The summed E-state index contributed by atoms with van der Waals surface area (Å²) in [6.45, 7) is 5.28. The molecule has 1 aliphatic rings. The van der Waals surface area contributed by atoms with Gasteiger partial charge >= 0.3 is 0 Å². The Bertz CT molecular complexity index is 380. The van der Waals surface area contributed by atoms with Crippen LogP contribution in [0.15, 0.2) is 24.3 Å². The summed E-state index contributed by atoms with van der Waals surface area (Å²) in [6, 6.07) is 9.11. The third-order valence-electron chi connectivity index (χ3n) is 4.02. The van der Waals surface area contributed by atoms with Gasteiger partial charge in [0.05, 0.1) is 5.60 Å². The second kappa shape index (κ2) is 5.85. The predicted molar refractivity (Wildman–Crippen MR) is 75.8 cm³/mol. The topological polar surface area (TPSA) is 32.3 Å². The van der Waals surface area contributed by atoms with Crippen LogP contribution in [0.3, 0.4) is 0 Å². The molecular formula is C16H25NO. The van der Waals surface area contributed by atoms with Crippen molar-refractivity contribution in [1.82, 2.24) is 5.32 Å². The number of hydrogen-bond donors (Lipinski definition) is 2. The van der Waals surface area contributed by atoms with Crippen LogP contribution in [0.2, 0.25) is 0 Å². The molecule has 0 unspecified atom stereocenters. The molecule has 100 valence electrons. The van der Waals surface area contributed by atoms with E-state index in [-0.39, 0.29) is 0 Å². The Kier molecular flexibility index (Phi) is 4.41. The highest BCUT2D eigenvalue weighted by molar-refractivity contribution is 5.23. The SMILES string of the molecule is CCNC1CCC(O)(Cc2cccc(C)c2)CC1. The quantitative estimate of drug-likeness (QED) is 0.857. The van der Waals surface area contributed by atoms with Crippen LogP contribution in [0.1, 0.15) is 43.7 Å². The molecule has 1 aromatic rings. The molecule has 0 saturated heterocycles. The van der Waals surface area contributed by atoms with Gasteiger partial charge in [-0.3, -0.25) is 0 Å². The number of aryl methyl sites for hydroxylation is 1. The van der Waals surface area contributed by atoms with Crippen LogP contribution in [0.5, 0.6) is 0 Å². The Balaban J connectivity index is 1.93. The van der Waals surface area contributed by atoms with Crippen LogP contribution >= 0.6 is 0 Å². The number of rotatable bonds is 4. The maximum atomic E-state index is 10.7. The van der Waals surface area contributed by atoms with Gasteiger partial charge in [-0.25, -0.2) is 0 Å². The molecular weight excluding hydrogens is 222 g/mol. The lowest BCUT2D eigenvalue weighted by atomic mass is 9.78. The molecule has 18 heavy (non-hydrogen) atoms. The molecule has 1 fully saturated rings. The Morgan fingerprint density at radius 1 is 1.33 bits per heavy atom. The summed E-state index contributed by atoms with van der Waals surface area (Å²) >= 11 is 0. The van der Waals surface area contributed by atoms with Crippen molar-refractivity contribution >= 4 is 0 Å². The Morgan fingerprint density at radius 3 is 2.67 bits per heavy atom. The van der Waals surface area contributed by atoms with Crippen molar-refractivity contribution in [2.45, 2.75) is 57.6 Å². The molecule has 1 saturated carbocycles. The first-order chi connectivity index (χ1) is 8.61. The molecule has 2 nitrogen and oxygen atoms in total. The predicted octanol–water partition coefficient (Wildman–Crippen LogP) is 2.82. The zero-order valence-corrected chi connectivity index (χ0v) is 11.6. The molecule has 2 rings (SSSR count). The van der Waals surface area contributed by atoms with E-state index < -0.39 is 5.60 Å². The van der Waals surface area contributed by atoms with Gasteiger partial charge in [-0.15, -0.1) is 0 Å². The van der Waals surface area contributed by atoms with Crippen molar-refractivity contribution in [2.75, 3.05) is 6.54 Å². The molecule has 0 spiro atoms. The van der Waals surface area contributed by atoms with E-state index in [0.717, 1.165) is 38.6 Å². The first-order valence-electron chi connectivity index (χ1n) is 7.13. The molecule has 2 N–H and O–H groups in total. The molecule has 0 heterocycles. The van der Waals surface area contributed by atoms with E-state index in [1.54, 1.807) is 0 Å². The van der Waals surface area contributed by atoms with Crippen LogP contribution in [0.4, 0.5) is 0 Å². The maximum absolute atomic E-state index is 10.7. The fourth-order valence-corrected chi connectivity index (χ4v) is 3.03. The summed E-state index contributed by atoms with van der Waals surface area (Å²) < 4.78 is 0. The van der Waals surface area contributed by atoms with Crippen molar-refractivity contribution in [3.8, 4) is 0 Å². The molecule has 1 aromatic carbocycles. The highest BCUT2D eigenvalue weighted by Gasteiger charge is 2.32. The summed E-state index contributed by atoms with van der Waals surface area (Å²) in [5, 5.41) is 14.2. The molecule has 2 heteroatoms. The molecule has 0 bridgehead atoms. The van der Waals surface area contributed by atoms with Crippen LogP contribution in [0, 0.1) is 6.92 Å². The minimum absolute atomic E-state index is 0.486. The normalized spacial score (nSPS) is 28.3. The lowest BCUT2D eigenvalue weighted by Crippen LogP contribution is -2.42. The molecule has 1 aliphatic carbocycles. The Labute approximate surface area is 110 Å². The van der Waals surface area contributed by atoms with E-state index in [9.17, 15) is 5.11 Å². The van der Waals surface area contributed by atoms with Crippen molar-refractivity contribution in [3.63, 3.8) is 0 Å². The summed E-state index contributed by atoms with van der Waals surface area (Å²) in [5.74, 6) is 0. The van der Waals surface area contributed by atoms with Gasteiger partial charge in [0.15, 0.2) is 0 Å². The second-order valence-corrected chi connectivity index (χ2v) is 5.72. The van der Waals surface area contributed by atoms with Crippen LogP contribution in [-0.2, 0) is 6.42 Å². The molecule has 0 atom stereocenters. The van der Waals surface area contributed by atoms with Crippen LogP contribution in [0.25, 0.3) is 0 Å².